The second-order valence-corrected chi connectivity index (χ2v) is 14.6. The topological polar surface area (TPSA) is 35.5 Å². The lowest BCUT2D eigenvalue weighted by Gasteiger charge is -2.30. The Morgan fingerprint density at radius 2 is 0.789 bits per heavy atom. The van der Waals surface area contributed by atoms with Gasteiger partial charge in [0.15, 0.2) is 0 Å². The van der Waals surface area contributed by atoms with E-state index in [9.17, 15) is 0 Å². The minimum Gasteiger partial charge on any atom is -0.412 e. The maximum Gasteiger partial charge on any atom is 0.456 e. The van der Waals surface area contributed by atoms with Crippen LogP contribution in [0.1, 0.15) is 0 Å². The lowest BCUT2D eigenvalue weighted by Crippen LogP contribution is -2.27. The molecule has 0 amide bonds. The van der Waals surface area contributed by atoms with Crippen molar-refractivity contribution in [2.75, 3.05) is 0 Å². The van der Waals surface area contributed by atoms with E-state index in [0.29, 0.717) is 10.0 Å². The molecule has 3 nitrogen and oxygen atoms in total. The quantitative estimate of drug-likeness (QED) is 0.174. The van der Waals surface area contributed by atoms with Crippen molar-refractivity contribution in [3.05, 3.63) is 150 Å². The molecule has 0 atom stereocenters. The molecule has 0 bridgehead atoms. The first-order chi connectivity index (χ1) is 18.5. The standard InChI is InChI=1S/C31H24Cl2O3P2/c32-28-20-10-12-22-30(28)35-38(34,36-31-23-13-11-21-29(31)33)24-37(25-14-4-1-5-15-25,26-16-6-2-7-17-26)27-18-8-3-9-19-27/h1-24H. The highest BCUT2D eigenvalue weighted by atomic mass is 35.5. The van der Waals surface area contributed by atoms with Crippen LogP contribution in [-0.2, 0) is 4.57 Å². The van der Waals surface area contributed by atoms with Gasteiger partial charge in [0, 0.05) is 0 Å². The molecule has 0 saturated heterocycles. The molecule has 0 aliphatic heterocycles. The molecule has 0 saturated carbocycles. The van der Waals surface area contributed by atoms with Crippen LogP contribution in [0.5, 0.6) is 11.5 Å². The number of halogens is 2. The fourth-order valence-corrected chi connectivity index (χ4v) is 12.1. The van der Waals surface area contributed by atoms with Gasteiger partial charge in [0.1, 0.15) is 11.5 Å². The van der Waals surface area contributed by atoms with Crippen LogP contribution in [0.3, 0.4) is 0 Å². The Kier molecular flexibility index (Phi) is 8.12. The van der Waals surface area contributed by atoms with Gasteiger partial charge >= 0.3 is 7.60 Å². The van der Waals surface area contributed by atoms with Crippen LogP contribution in [-0.4, -0.2) is 5.54 Å². The van der Waals surface area contributed by atoms with E-state index in [1.54, 1.807) is 54.1 Å². The SMILES string of the molecule is O=P(C=P(c1ccccc1)(c1ccccc1)c1ccccc1)(Oc1ccccc1Cl)Oc1ccccc1Cl. The van der Waals surface area contributed by atoms with Gasteiger partial charge in [-0.1, -0.05) is 138 Å². The van der Waals surface area contributed by atoms with E-state index >= 15 is 4.57 Å². The predicted molar refractivity (Wildman–Crippen MR) is 163 cm³/mol. The number of benzene rings is 5. The van der Waals surface area contributed by atoms with Gasteiger partial charge in [-0.15, -0.1) is 0 Å². The number of para-hydroxylation sites is 2. The Morgan fingerprint density at radius 1 is 0.474 bits per heavy atom. The molecule has 0 radical (unpaired) electrons. The molecule has 0 aliphatic carbocycles. The molecule has 7 heteroatoms. The lowest BCUT2D eigenvalue weighted by atomic mass is 10.3. The summed E-state index contributed by atoms with van der Waals surface area (Å²) in [4.78, 5) is 0. The predicted octanol–water partition coefficient (Wildman–Crippen LogP) is 8.40. The zero-order chi connectivity index (χ0) is 26.4. The summed E-state index contributed by atoms with van der Waals surface area (Å²) >= 11 is 12.9. The zero-order valence-electron chi connectivity index (χ0n) is 20.2. The molecule has 5 rings (SSSR count). The molecule has 0 heterocycles. The monoisotopic (exact) mass is 576 g/mol. The largest absolute Gasteiger partial charge is 0.456 e. The van der Waals surface area contributed by atoms with Crippen LogP contribution < -0.4 is 25.0 Å². The van der Waals surface area contributed by atoms with Crippen molar-refractivity contribution < 1.29 is 13.6 Å². The van der Waals surface area contributed by atoms with E-state index in [0.717, 1.165) is 15.9 Å². The molecular formula is C31H24Cl2O3P2. The van der Waals surface area contributed by atoms with Crippen LogP contribution in [0.2, 0.25) is 10.0 Å². The summed E-state index contributed by atoms with van der Waals surface area (Å²) in [6.45, 7) is -2.70. The Morgan fingerprint density at radius 3 is 1.13 bits per heavy atom. The minimum absolute atomic E-state index is 0.257. The van der Waals surface area contributed by atoms with Crippen LogP contribution in [0.25, 0.3) is 0 Å². The minimum atomic E-state index is -4.08. The molecule has 5 aromatic carbocycles. The Hall–Kier alpha value is -3.19. The lowest BCUT2D eigenvalue weighted by molar-refractivity contribution is 0.404. The van der Waals surface area contributed by atoms with E-state index in [2.05, 4.69) is 36.4 Å². The molecule has 0 aliphatic rings. The van der Waals surface area contributed by atoms with Gasteiger partial charge in [0.05, 0.1) is 15.6 Å². The highest BCUT2D eigenvalue weighted by Crippen LogP contribution is 2.57. The van der Waals surface area contributed by atoms with Crippen molar-refractivity contribution in [1.82, 2.24) is 0 Å². The van der Waals surface area contributed by atoms with E-state index in [-0.39, 0.29) is 11.5 Å². The highest BCUT2D eigenvalue weighted by molar-refractivity contribution is 8.03. The van der Waals surface area contributed by atoms with Gasteiger partial charge in [0.25, 0.3) is 0 Å². The van der Waals surface area contributed by atoms with Gasteiger partial charge in [-0.2, -0.15) is 0 Å². The maximum absolute atomic E-state index is 15.0. The summed E-state index contributed by atoms with van der Waals surface area (Å²) in [6.07, 6.45) is 0. The summed E-state index contributed by atoms with van der Waals surface area (Å²) < 4.78 is 27.5. The first kappa shape index (κ1) is 26.4. The molecule has 0 unspecified atom stereocenters. The van der Waals surface area contributed by atoms with E-state index in [4.69, 9.17) is 32.2 Å². The van der Waals surface area contributed by atoms with Crippen molar-refractivity contribution in [3.63, 3.8) is 0 Å². The van der Waals surface area contributed by atoms with Crippen molar-refractivity contribution >= 4 is 59.1 Å². The fourth-order valence-electron chi connectivity index (χ4n) is 4.23. The number of rotatable bonds is 8. The third-order valence-electron chi connectivity index (χ3n) is 5.93. The molecular weight excluding hydrogens is 553 g/mol. The normalized spacial score (nSPS) is 11.5. The van der Waals surface area contributed by atoms with Crippen LogP contribution in [0.4, 0.5) is 0 Å². The van der Waals surface area contributed by atoms with Gasteiger partial charge < -0.3 is 9.05 Å². The second kappa shape index (κ2) is 11.7. The Balaban J connectivity index is 1.85. The van der Waals surface area contributed by atoms with E-state index in [1.165, 1.54) is 0 Å². The van der Waals surface area contributed by atoms with Crippen molar-refractivity contribution in [2.24, 2.45) is 0 Å². The van der Waals surface area contributed by atoms with Crippen molar-refractivity contribution in [3.8, 4) is 11.5 Å². The van der Waals surface area contributed by atoms with Crippen LogP contribution in [0.15, 0.2) is 140 Å². The van der Waals surface area contributed by atoms with Gasteiger partial charge in [0.2, 0.25) is 0 Å². The molecule has 0 aromatic heterocycles. The summed E-state index contributed by atoms with van der Waals surface area (Å²) in [5.41, 5.74) is 1.77. The number of hydrogen-bond acceptors (Lipinski definition) is 3. The summed E-state index contributed by atoms with van der Waals surface area (Å²) in [5.74, 6) is 0.515. The average molecular weight is 577 g/mol. The fraction of sp³-hybridized carbons (Fsp3) is 0. The van der Waals surface area contributed by atoms with E-state index < -0.39 is 14.5 Å². The summed E-state index contributed by atoms with van der Waals surface area (Å²) in [7, 11) is -4.08. The van der Waals surface area contributed by atoms with Crippen LogP contribution >= 0.6 is 37.7 Å². The smallest absolute Gasteiger partial charge is 0.412 e. The second-order valence-electron chi connectivity index (χ2n) is 8.43. The van der Waals surface area contributed by atoms with Crippen molar-refractivity contribution in [2.45, 2.75) is 0 Å². The summed E-state index contributed by atoms with van der Waals surface area (Å²) in [6, 6.07) is 44.0. The van der Waals surface area contributed by atoms with Gasteiger partial charge in [-0.05, 0) is 47.1 Å². The Labute approximate surface area is 233 Å². The van der Waals surface area contributed by atoms with Gasteiger partial charge in [-0.25, -0.2) is 4.57 Å². The highest BCUT2D eigenvalue weighted by Gasteiger charge is 2.35. The summed E-state index contributed by atoms with van der Waals surface area (Å²) in [5, 5.41) is 3.66. The third-order valence-corrected chi connectivity index (χ3v) is 13.3. The van der Waals surface area contributed by atoms with Gasteiger partial charge in [-0.3, -0.25) is 0 Å². The molecule has 0 spiro atoms. The molecule has 38 heavy (non-hydrogen) atoms. The molecule has 5 aromatic rings. The molecule has 0 N–H and O–H groups in total. The Bertz CT molecular complexity index is 1470. The van der Waals surface area contributed by atoms with Crippen molar-refractivity contribution in [1.29, 1.82) is 0 Å². The first-order valence-corrected chi connectivity index (χ1v) is 16.1. The molecule has 0 fully saturated rings. The first-order valence-electron chi connectivity index (χ1n) is 11.9. The number of hydrogen-bond donors (Lipinski definition) is 0. The zero-order valence-corrected chi connectivity index (χ0v) is 23.5. The van der Waals surface area contributed by atoms with Crippen LogP contribution in [0, 0.1) is 0 Å². The average Bonchev–Trinajstić information content (AvgIpc) is 2.96. The third kappa shape index (κ3) is 5.63. The van der Waals surface area contributed by atoms with E-state index in [1.807, 2.05) is 54.6 Å². The maximum atomic E-state index is 15.0. The molecule has 190 valence electrons.